The third-order valence-corrected chi connectivity index (χ3v) is 6.92. The first kappa shape index (κ1) is 29.2. The van der Waals surface area contributed by atoms with Gasteiger partial charge >= 0.3 is 18.4 Å². The summed E-state index contributed by atoms with van der Waals surface area (Å²) < 4.78 is 88.6. The summed E-state index contributed by atoms with van der Waals surface area (Å²) in [5.41, 5.74) is -1.78. The zero-order valence-electron chi connectivity index (χ0n) is 22.3. The van der Waals surface area contributed by atoms with Crippen molar-refractivity contribution >= 4 is 17.7 Å². The average molecular weight is 570 g/mol. The predicted octanol–water partition coefficient (Wildman–Crippen LogP) is 7.05. The fourth-order valence-electron chi connectivity index (χ4n) is 5.23. The van der Waals surface area contributed by atoms with E-state index in [-0.39, 0.29) is 30.8 Å². The second-order valence-electron chi connectivity index (χ2n) is 9.56. The molecule has 0 N–H and O–H groups in total. The van der Waals surface area contributed by atoms with Gasteiger partial charge in [-0.05, 0) is 62.6 Å². The molecule has 13 heteroatoms. The molecule has 1 aliphatic rings. The molecule has 0 spiro atoms. The Morgan fingerprint density at radius 3 is 2.25 bits per heavy atom. The van der Waals surface area contributed by atoms with E-state index in [4.69, 9.17) is 4.74 Å². The smallest absolute Gasteiger partial charge is 0.416 e. The quantitative estimate of drug-likeness (QED) is 0.298. The first-order valence-electron chi connectivity index (χ1n) is 12.7. The van der Waals surface area contributed by atoms with E-state index in [9.17, 15) is 31.1 Å². The average Bonchev–Trinajstić information content (AvgIpc) is 3.19. The number of alkyl halides is 6. The maximum Gasteiger partial charge on any atom is 0.416 e. The molecule has 3 heterocycles. The number of fused-ring (bicyclic) bond motifs is 1. The molecule has 7 nitrogen and oxygen atoms in total. The minimum absolute atomic E-state index is 0.114. The number of nitrogens with zero attached hydrogens (tertiary/aromatic N) is 5. The van der Waals surface area contributed by atoms with Crippen LogP contribution in [0.25, 0.3) is 0 Å². The van der Waals surface area contributed by atoms with Gasteiger partial charge in [0.1, 0.15) is 11.6 Å². The van der Waals surface area contributed by atoms with Crippen LogP contribution in [0.1, 0.15) is 60.7 Å². The number of amides is 1. The van der Waals surface area contributed by atoms with Crippen LogP contribution in [0, 0.1) is 6.92 Å². The summed E-state index contributed by atoms with van der Waals surface area (Å²) in [4.78, 5) is 20.6. The lowest BCUT2D eigenvalue weighted by Crippen LogP contribution is -2.48. The molecule has 40 heavy (non-hydrogen) atoms. The van der Waals surface area contributed by atoms with Crippen LogP contribution in [0.2, 0.25) is 0 Å². The van der Waals surface area contributed by atoms with E-state index in [0.29, 0.717) is 35.7 Å². The van der Waals surface area contributed by atoms with Crippen LogP contribution in [0.5, 0.6) is 0 Å². The molecule has 0 saturated heterocycles. The number of pyridine rings is 1. The molecule has 3 aromatic rings. The fourth-order valence-corrected chi connectivity index (χ4v) is 5.23. The molecule has 0 saturated carbocycles. The Labute approximate surface area is 227 Å². The Balaban J connectivity index is 1.89. The third kappa shape index (κ3) is 5.73. The fraction of sp³-hybridized carbons (Fsp3) is 0.444. The van der Waals surface area contributed by atoms with Crippen molar-refractivity contribution in [2.75, 3.05) is 16.4 Å². The van der Waals surface area contributed by atoms with Gasteiger partial charge in [-0.15, -0.1) is 0 Å². The van der Waals surface area contributed by atoms with Gasteiger partial charge in [-0.1, -0.05) is 13.0 Å². The van der Waals surface area contributed by atoms with Crippen LogP contribution in [0.15, 0.2) is 42.6 Å². The second kappa shape index (κ2) is 11.0. The number of anilines is 2. The van der Waals surface area contributed by atoms with Gasteiger partial charge in [0.05, 0.1) is 29.5 Å². The number of aromatic nitrogens is 3. The van der Waals surface area contributed by atoms with E-state index in [1.54, 1.807) is 48.7 Å². The van der Waals surface area contributed by atoms with Crippen molar-refractivity contribution in [1.82, 2.24) is 14.8 Å². The van der Waals surface area contributed by atoms with Crippen molar-refractivity contribution in [3.05, 3.63) is 70.5 Å². The summed E-state index contributed by atoms with van der Waals surface area (Å²) in [6.07, 6.45) is -8.19. The summed E-state index contributed by atoms with van der Waals surface area (Å²) in [5, 5.41) is 4.50. The van der Waals surface area contributed by atoms with Crippen LogP contribution >= 0.6 is 0 Å². The zero-order chi connectivity index (χ0) is 29.4. The second-order valence-corrected chi connectivity index (χ2v) is 9.56. The number of benzene rings is 1. The summed E-state index contributed by atoms with van der Waals surface area (Å²) in [6, 6.07) is 5.60. The Morgan fingerprint density at radius 1 is 1.07 bits per heavy atom. The number of carbonyl (C=O) groups is 1. The third-order valence-electron chi connectivity index (χ3n) is 6.92. The Kier molecular flexibility index (Phi) is 8.04. The minimum Gasteiger partial charge on any atom is -0.449 e. The molecule has 0 aliphatic carbocycles. The molecule has 1 aliphatic heterocycles. The number of aryl methyl sites for hydroxylation is 2. The molecule has 1 aromatic carbocycles. The summed E-state index contributed by atoms with van der Waals surface area (Å²) >= 11 is 0. The number of rotatable bonds is 6. The summed E-state index contributed by atoms with van der Waals surface area (Å²) in [7, 11) is 1.67. The van der Waals surface area contributed by atoms with Crippen LogP contribution in [-0.2, 0) is 30.7 Å². The zero-order valence-corrected chi connectivity index (χ0v) is 22.3. The van der Waals surface area contributed by atoms with Crippen LogP contribution in [-0.4, -0.2) is 33.5 Å². The van der Waals surface area contributed by atoms with Gasteiger partial charge in [0, 0.05) is 31.4 Å². The van der Waals surface area contributed by atoms with Gasteiger partial charge in [0.25, 0.3) is 0 Å². The van der Waals surface area contributed by atoms with Crippen molar-refractivity contribution in [1.29, 1.82) is 0 Å². The highest BCUT2D eigenvalue weighted by Gasteiger charge is 2.43. The van der Waals surface area contributed by atoms with Crippen molar-refractivity contribution in [3.63, 3.8) is 0 Å². The van der Waals surface area contributed by atoms with Crippen molar-refractivity contribution in [3.8, 4) is 0 Å². The summed E-state index contributed by atoms with van der Waals surface area (Å²) in [6.45, 7) is 5.16. The van der Waals surface area contributed by atoms with E-state index in [2.05, 4.69) is 10.1 Å². The van der Waals surface area contributed by atoms with Crippen LogP contribution < -0.4 is 9.80 Å². The molecular formula is C27H29F6N5O2. The topological polar surface area (TPSA) is 63.5 Å². The number of hydrogen-bond donors (Lipinski definition) is 0. The predicted molar refractivity (Wildman–Crippen MR) is 136 cm³/mol. The maximum absolute atomic E-state index is 13.6. The molecule has 2 atom stereocenters. The van der Waals surface area contributed by atoms with Crippen LogP contribution in [0.3, 0.4) is 0 Å². The van der Waals surface area contributed by atoms with Gasteiger partial charge in [-0.2, -0.15) is 31.4 Å². The molecule has 0 radical (unpaired) electrons. The van der Waals surface area contributed by atoms with Gasteiger partial charge < -0.3 is 9.64 Å². The molecule has 216 valence electrons. The van der Waals surface area contributed by atoms with Crippen molar-refractivity contribution < 1.29 is 35.9 Å². The van der Waals surface area contributed by atoms with Gasteiger partial charge in [0.15, 0.2) is 0 Å². The number of ether oxygens (including phenoxy) is 1. The SMILES string of the molecule is CCOC(=O)N1c2c(c(C)nn2C)C(N(Cc2cc(C(F)(F)F)cc(C(F)(F)F)c2)c2ccccn2)CC1CC. The van der Waals surface area contributed by atoms with Gasteiger partial charge in [-0.25, -0.2) is 9.78 Å². The molecule has 0 fully saturated rings. The standard InChI is InChI=1S/C27H29F6N5O2/c1-5-20-14-21(23-16(3)35-36(4)24(23)38(20)25(39)40-6-2)37(22-9-7-8-10-34-22)15-17-11-18(26(28,29)30)13-19(12-17)27(31,32)33/h7-13,20-21H,5-6,14-15H2,1-4H3. The lowest BCUT2D eigenvalue weighted by atomic mass is 9.90. The largest absolute Gasteiger partial charge is 0.449 e. The van der Waals surface area contributed by atoms with Crippen molar-refractivity contribution in [2.45, 2.75) is 64.6 Å². The Morgan fingerprint density at radius 2 is 1.73 bits per heavy atom. The molecule has 4 rings (SSSR count). The highest BCUT2D eigenvalue weighted by molar-refractivity contribution is 5.89. The van der Waals surface area contributed by atoms with E-state index in [1.165, 1.54) is 11.1 Å². The highest BCUT2D eigenvalue weighted by Crippen LogP contribution is 2.45. The lowest BCUT2D eigenvalue weighted by Gasteiger charge is -2.43. The number of halogens is 6. The molecule has 2 unspecified atom stereocenters. The maximum atomic E-state index is 13.6. The van der Waals surface area contributed by atoms with E-state index in [0.717, 1.165) is 12.1 Å². The lowest BCUT2D eigenvalue weighted by molar-refractivity contribution is -0.143. The van der Waals surface area contributed by atoms with E-state index < -0.39 is 35.6 Å². The van der Waals surface area contributed by atoms with Gasteiger partial charge in [0.2, 0.25) is 0 Å². The monoisotopic (exact) mass is 569 g/mol. The molecule has 1 amide bonds. The van der Waals surface area contributed by atoms with E-state index in [1.807, 2.05) is 6.92 Å². The van der Waals surface area contributed by atoms with Crippen molar-refractivity contribution in [2.24, 2.45) is 7.05 Å². The number of carbonyl (C=O) groups excluding carboxylic acids is 1. The number of hydrogen-bond acceptors (Lipinski definition) is 5. The normalized spacial score (nSPS) is 17.5. The first-order valence-corrected chi connectivity index (χ1v) is 12.7. The Hall–Kier alpha value is -3.77. The van der Waals surface area contributed by atoms with E-state index >= 15 is 0 Å². The van der Waals surface area contributed by atoms with Gasteiger partial charge in [-0.3, -0.25) is 9.58 Å². The summed E-state index contributed by atoms with van der Waals surface area (Å²) in [5.74, 6) is 0.812. The molecule has 0 bridgehead atoms. The molecule has 2 aromatic heterocycles. The minimum atomic E-state index is -4.97. The highest BCUT2D eigenvalue weighted by atomic mass is 19.4. The molecular weight excluding hydrogens is 540 g/mol. The van der Waals surface area contributed by atoms with Crippen LogP contribution in [0.4, 0.5) is 42.8 Å². The Bertz CT molecular complexity index is 1320. The first-order chi connectivity index (χ1) is 18.8.